The molecule has 10 heteroatoms. The van der Waals surface area contributed by atoms with Gasteiger partial charge < -0.3 is 19.2 Å². The summed E-state index contributed by atoms with van der Waals surface area (Å²) in [5, 5.41) is 11.2. The molecule has 0 aromatic carbocycles. The average Bonchev–Trinajstić information content (AvgIpc) is 3.58. The number of hydrogen-bond acceptors (Lipinski definition) is 6. The number of likely N-dealkylation sites (tertiary alicyclic amines) is 1. The van der Waals surface area contributed by atoms with Gasteiger partial charge in [0.2, 0.25) is 0 Å². The highest BCUT2D eigenvalue weighted by Gasteiger charge is 2.32. The van der Waals surface area contributed by atoms with Crippen molar-refractivity contribution in [2.24, 2.45) is 0 Å². The first-order chi connectivity index (χ1) is 15.7. The van der Waals surface area contributed by atoms with Crippen LogP contribution in [0, 0.1) is 0 Å². The molecule has 10 nitrogen and oxygen atoms in total. The maximum Gasteiger partial charge on any atom is 0.289 e. The highest BCUT2D eigenvalue weighted by atomic mass is 16.4. The molecule has 1 aliphatic carbocycles. The first kappa shape index (κ1) is 20.5. The van der Waals surface area contributed by atoms with E-state index in [2.05, 4.69) is 20.6 Å². The molecule has 1 saturated heterocycles. The van der Waals surface area contributed by atoms with Crippen molar-refractivity contribution < 1.29 is 14.0 Å². The molecular formula is C22H27N7O3. The summed E-state index contributed by atoms with van der Waals surface area (Å²) in [6.45, 7) is 1.70. The van der Waals surface area contributed by atoms with Gasteiger partial charge in [0.05, 0.1) is 31.7 Å². The van der Waals surface area contributed by atoms with Crippen molar-refractivity contribution >= 4 is 11.8 Å². The zero-order valence-electron chi connectivity index (χ0n) is 17.9. The van der Waals surface area contributed by atoms with Gasteiger partial charge in [-0.05, 0) is 37.8 Å². The highest BCUT2D eigenvalue weighted by Crippen LogP contribution is 2.23. The van der Waals surface area contributed by atoms with Crippen LogP contribution in [0.15, 0.2) is 41.5 Å². The standard InChI is InChI=1S/C22H27N7O3/c30-21(24-16-4-1-2-5-16)19-14-28(26-25-19)12-17-6-3-10-29(17)22(31)20-8-7-18(32-20)13-27-11-9-23-15-27/h7-9,11,14-17H,1-6,10,12-13H2,(H,24,30)/t17-/m0/s1. The van der Waals surface area contributed by atoms with Gasteiger partial charge in [-0.25, -0.2) is 9.67 Å². The summed E-state index contributed by atoms with van der Waals surface area (Å²) in [4.78, 5) is 31.3. The summed E-state index contributed by atoms with van der Waals surface area (Å²) in [6, 6.07) is 3.77. The Balaban J connectivity index is 1.20. The van der Waals surface area contributed by atoms with Gasteiger partial charge in [0.15, 0.2) is 11.5 Å². The van der Waals surface area contributed by atoms with E-state index >= 15 is 0 Å². The van der Waals surface area contributed by atoms with E-state index in [0.717, 1.165) is 38.5 Å². The summed E-state index contributed by atoms with van der Waals surface area (Å²) in [5.41, 5.74) is 0.322. The van der Waals surface area contributed by atoms with Crippen LogP contribution in [0.4, 0.5) is 0 Å². The summed E-state index contributed by atoms with van der Waals surface area (Å²) < 4.78 is 9.35. The zero-order chi connectivity index (χ0) is 21.9. The lowest BCUT2D eigenvalue weighted by Gasteiger charge is -2.23. The molecule has 32 heavy (non-hydrogen) atoms. The van der Waals surface area contributed by atoms with Crippen molar-refractivity contribution in [2.45, 2.75) is 63.7 Å². The van der Waals surface area contributed by atoms with Gasteiger partial charge in [-0.2, -0.15) is 0 Å². The Morgan fingerprint density at radius 1 is 1.16 bits per heavy atom. The van der Waals surface area contributed by atoms with E-state index in [1.54, 1.807) is 29.5 Å². The molecule has 0 radical (unpaired) electrons. The van der Waals surface area contributed by atoms with Crippen LogP contribution in [-0.4, -0.2) is 59.9 Å². The lowest BCUT2D eigenvalue weighted by atomic mass is 10.2. The highest BCUT2D eigenvalue weighted by molar-refractivity contribution is 5.92. The molecular weight excluding hydrogens is 410 g/mol. The van der Waals surface area contributed by atoms with Gasteiger partial charge in [-0.15, -0.1) is 5.10 Å². The van der Waals surface area contributed by atoms with Gasteiger partial charge in [0.25, 0.3) is 11.8 Å². The molecule has 1 saturated carbocycles. The van der Waals surface area contributed by atoms with E-state index in [9.17, 15) is 9.59 Å². The van der Waals surface area contributed by atoms with Gasteiger partial charge in [-0.1, -0.05) is 18.1 Å². The molecule has 0 unspecified atom stereocenters. The lowest BCUT2D eigenvalue weighted by molar-refractivity contribution is 0.0686. The molecule has 0 bridgehead atoms. The molecule has 5 rings (SSSR count). The number of carbonyl (C=O) groups excluding carboxylic acids is 2. The fourth-order valence-electron chi connectivity index (χ4n) is 4.61. The molecule has 1 aliphatic heterocycles. The molecule has 4 heterocycles. The molecule has 2 fully saturated rings. The third-order valence-corrected chi connectivity index (χ3v) is 6.27. The monoisotopic (exact) mass is 437 g/mol. The molecule has 3 aromatic heterocycles. The number of imidazole rings is 1. The number of amides is 2. The maximum absolute atomic E-state index is 13.1. The van der Waals surface area contributed by atoms with Gasteiger partial charge >= 0.3 is 0 Å². The first-order valence-electron chi connectivity index (χ1n) is 11.2. The Morgan fingerprint density at radius 2 is 2.03 bits per heavy atom. The average molecular weight is 438 g/mol. The predicted octanol–water partition coefficient (Wildman–Crippen LogP) is 2.09. The van der Waals surface area contributed by atoms with Crippen molar-refractivity contribution in [1.82, 2.24) is 34.8 Å². The summed E-state index contributed by atoms with van der Waals surface area (Å²) >= 11 is 0. The molecule has 3 aromatic rings. The zero-order valence-corrected chi connectivity index (χ0v) is 17.9. The van der Waals surface area contributed by atoms with Gasteiger partial charge in [0, 0.05) is 25.0 Å². The number of hydrogen-bond donors (Lipinski definition) is 1. The number of nitrogens with one attached hydrogen (secondary N) is 1. The smallest absolute Gasteiger partial charge is 0.289 e. The molecule has 0 spiro atoms. The van der Waals surface area contributed by atoms with E-state index in [0.29, 0.717) is 36.8 Å². The summed E-state index contributed by atoms with van der Waals surface area (Å²) in [7, 11) is 0. The number of carbonyl (C=O) groups is 2. The van der Waals surface area contributed by atoms with Crippen LogP contribution in [0.5, 0.6) is 0 Å². The minimum atomic E-state index is -0.177. The van der Waals surface area contributed by atoms with Crippen LogP contribution in [0.3, 0.4) is 0 Å². The summed E-state index contributed by atoms with van der Waals surface area (Å²) in [5.74, 6) is 0.741. The maximum atomic E-state index is 13.1. The minimum Gasteiger partial charge on any atom is -0.454 e. The van der Waals surface area contributed by atoms with E-state index in [1.807, 2.05) is 21.7 Å². The molecule has 168 valence electrons. The number of rotatable bonds is 7. The lowest BCUT2D eigenvalue weighted by Crippen LogP contribution is -2.38. The number of aromatic nitrogens is 5. The molecule has 1 atom stereocenters. The number of furan rings is 1. The van der Waals surface area contributed by atoms with Crippen LogP contribution >= 0.6 is 0 Å². The largest absolute Gasteiger partial charge is 0.454 e. The fraction of sp³-hybridized carbons (Fsp3) is 0.500. The number of nitrogens with zero attached hydrogens (tertiary/aromatic N) is 6. The van der Waals surface area contributed by atoms with Crippen molar-refractivity contribution in [3.63, 3.8) is 0 Å². The Morgan fingerprint density at radius 3 is 2.84 bits per heavy atom. The molecule has 2 aliphatic rings. The first-order valence-corrected chi connectivity index (χ1v) is 11.2. The van der Waals surface area contributed by atoms with Crippen LogP contribution < -0.4 is 5.32 Å². The van der Waals surface area contributed by atoms with Crippen LogP contribution in [0.1, 0.15) is 65.3 Å². The van der Waals surface area contributed by atoms with E-state index in [1.165, 1.54) is 0 Å². The fourth-order valence-corrected chi connectivity index (χ4v) is 4.61. The predicted molar refractivity (Wildman–Crippen MR) is 114 cm³/mol. The molecule has 1 N–H and O–H groups in total. The van der Waals surface area contributed by atoms with Crippen molar-refractivity contribution in [3.8, 4) is 0 Å². The Hall–Kier alpha value is -3.43. The SMILES string of the molecule is O=C(NC1CCCC1)c1cn(C[C@@H]2CCCN2C(=O)c2ccc(Cn3ccnc3)o2)nn1. The second-order valence-electron chi connectivity index (χ2n) is 8.58. The van der Waals surface area contributed by atoms with Crippen LogP contribution in [0.2, 0.25) is 0 Å². The quantitative estimate of drug-likeness (QED) is 0.606. The van der Waals surface area contributed by atoms with Crippen LogP contribution in [0.25, 0.3) is 0 Å². The third kappa shape index (κ3) is 4.44. The van der Waals surface area contributed by atoms with E-state index in [4.69, 9.17) is 4.42 Å². The van der Waals surface area contributed by atoms with Crippen molar-refractivity contribution in [2.75, 3.05) is 6.54 Å². The summed E-state index contributed by atoms with van der Waals surface area (Å²) in [6.07, 6.45) is 13.1. The molecule has 2 amide bonds. The van der Waals surface area contributed by atoms with Crippen molar-refractivity contribution in [3.05, 3.63) is 54.3 Å². The van der Waals surface area contributed by atoms with E-state index < -0.39 is 0 Å². The van der Waals surface area contributed by atoms with Gasteiger partial charge in [-0.3, -0.25) is 9.59 Å². The minimum absolute atomic E-state index is 0.0165. The Kier molecular flexibility index (Phi) is 5.74. The second kappa shape index (κ2) is 8.97. The van der Waals surface area contributed by atoms with Gasteiger partial charge in [0.1, 0.15) is 5.76 Å². The topological polar surface area (TPSA) is 111 Å². The third-order valence-electron chi connectivity index (χ3n) is 6.27. The Labute approximate surface area is 185 Å². The van der Waals surface area contributed by atoms with Crippen molar-refractivity contribution in [1.29, 1.82) is 0 Å². The normalized spacial score (nSPS) is 19.0. The van der Waals surface area contributed by atoms with E-state index in [-0.39, 0.29) is 23.9 Å². The second-order valence-corrected chi connectivity index (χ2v) is 8.58. The van der Waals surface area contributed by atoms with Crippen LogP contribution in [-0.2, 0) is 13.1 Å². The Bertz CT molecular complexity index is 1070.